The highest BCUT2D eigenvalue weighted by Gasteiger charge is 2.17. The summed E-state index contributed by atoms with van der Waals surface area (Å²) in [6.45, 7) is 7.46. The van der Waals surface area contributed by atoms with Gasteiger partial charge in [-0.2, -0.15) is 0 Å². The van der Waals surface area contributed by atoms with Gasteiger partial charge in [-0.15, -0.1) is 0 Å². The summed E-state index contributed by atoms with van der Waals surface area (Å²) in [5.74, 6) is -0.507. The van der Waals surface area contributed by atoms with Gasteiger partial charge in [-0.3, -0.25) is 9.59 Å². The van der Waals surface area contributed by atoms with E-state index in [1.165, 1.54) is 70.6 Å². The molecule has 0 aromatic carbocycles. The number of hydrogen-bond acceptors (Lipinski definition) is 5. The summed E-state index contributed by atoms with van der Waals surface area (Å²) in [6.07, 6.45) is 64.2. The van der Waals surface area contributed by atoms with Crippen molar-refractivity contribution in [3.8, 4) is 0 Å². The largest absolute Gasteiger partial charge is 0.462 e. The Kier molecular flexibility index (Phi) is 45.5. The van der Waals surface area contributed by atoms with E-state index < -0.39 is 6.10 Å². The van der Waals surface area contributed by atoms with Crippen LogP contribution in [-0.2, 0) is 23.8 Å². The van der Waals surface area contributed by atoms with Crippen molar-refractivity contribution >= 4 is 11.9 Å². The molecule has 58 heavy (non-hydrogen) atoms. The summed E-state index contributed by atoms with van der Waals surface area (Å²) in [5.41, 5.74) is 0. The van der Waals surface area contributed by atoms with Gasteiger partial charge in [0.2, 0.25) is 0 Å². The van der Waals surface area contributed by atoms with E-state index in [9.17, 15) is 9.59 Å². The van der Waals surface area contributed by atoms with Gasteiger partial charge < -0.3 is 14.2 Å². The molecule has 0 rings (SSSR count). The zero-order valence-corrected chi connectivity index (χ0v) is 37.8. The molecule has 1 atom stereocenters. The normalized spacial score (nSPS) is 13.1. The Bertz CT molecular complexity index is 1140. The highest BCUT2D eigenvalue weighted by atomic mass is 16.6. The fraction of sp³-hybridized carbons (Fsp3) is 0.660. The molecule has 0 spiro atoms. The van der Waals surface area contributed by atoms with Crippen molar-refractivity contribution in [3.63, 3.8) is 0 Å². The van der Waals surface area contributed by atoms with Gasteiger partial charge in [0, 0.05) is 19.4 Å². The Morgan fingerprint density at radius 2 is 0.810 bits per heavy atom. The van der Waals surface area contributed by atoms with Crippen LogP contribution in [0, 0.1) is 0 Å². The Labute approximate surface area is 358 Å². The fourth-order valence-corrected chi connectivity index (χ4v) is 6.16. The number of ether oxygens (including phenoxy) is 3. The first-order valence-electron chi connectivity index (χ1n) is 23.8. The Balaban J connectivity index is 4.38. The Morgan fingerprint density at radius 3 is 1.31 bits per heavy atom. The first kappa shape index (κ1) is 54.8. The molecule has 5 heteroatoms. The highest BCUT2D eigenvalue weighted by Crippen LogP contribution is 2.13. The van der Waals surface area contributed by atoms with Crippen molar-refractivity contribution in [2.24, 2.45) is 0 Å². The second-order valence-electron chi connectivity index (χ2n) is 15.3. The molecule has 0 bridgehead atoms. The van der Waals surface area contributed by atoms with Gasteiger partial charge in [-0.25, -0.2) is 0 Å². The van der Waals surface area contributed by atoms with Crippen molar-refractivity contribution in [2.45, 2.75) is 207 Å². The van der Waals surface area contributed by atoms with Crippen LogP contribution in [-0.4, -0.2) is 37.9 Å². The topological polar surface area (TPSA) is 61.8 Å². The van der Waals surface area contributed by atoms with Crippen LogP contribution in [0.4, 0.5) is 0 Å². The van der Waals surface area contributed by atoms with Gasteiger partial charge in [-0.05, 0) is 83.5 Å². The summed E-state index contributed by atoms with van der Waals surface area (Å²) in [6, 6.07) is 0. The van der Waals surface area contributed by atoms with Gasteiger partial charge in [0.15, 0.2) is 6.10 Å². The third-order valence-corrected chi connectivity index (χ3v) is 9.63. The summed E-state index contributed by atoms with van der Waals surface area (Å²) >= 11 is 0. The third kappa shape index (κ3) is 45.5. The van der Waals surface area contributed by atoms with Crippen molar-refractivity contribution < 1.29 is 23.8 Å². The summed E-state index contributed by atoms with van der Waals surface area (Å²) in [5, 5.41) is 0. The average molecular weight is 805 g/mol. The number of allylic oxidation sites excluding steroid dienone is 16. The van der Waals surface area contributed by atoms with E-state index in [0.717, 1.165) is 89.9 Å². The van der Waals surface area contributed by atoms with Crippen LogP contribution < -0.4 is 0 Å². The molecular formula is C53H88O5. The fourth-order valence-electron chi connectivity index (χ4n) is 6.16. The quantitative estimate of drug-likeness (QED) is 0.0349. The van der Waals surface area contributed by atoms with E-state index in [1.54, 1.807) is 0 Å². The molecule has 0 heterocycles. The number of esters is 2. The summed E-state index contributed by atoms with van der Waals surface area (Å²) in [7, 11) is 0. The van der Waals surface area contributed by atoms with Crippen molar-refractivity contribution in [1.82, 2.24) is 0 Å². The lowest BCUT2D eigenvalue weighted by atomic mass is 10.1. The summed E-state index contributed by atoms with van der Waals surface area (Å²) in [4.78, 5) is 25.2. The van der Waals surface area contributed by atoms with E-state index in [4.69, 9.17) is 14.2 Å². The summed E-state index contributed by atoms with van der Waals surface area (Å²) < 4.78 is 17.3. The molecule has 0 aliphatic rings. The second-order valence-corrected chi connectivity index (χ2v) is 15.3. The van der Waals surface area contributed by atoms with Gasteiger partial charge in [-0.1, -0.05) is 201 Å². The standard InChI is InChI=1S/C53H88O5/c1-4-7-10-13-16-19-22-24-25-26-27-28-30-33-36-39-42-45-48-56-49-51(58-53(55)47-44-41-38-35-31-21-18-15-12-9-6-3)50-57-52(54)46-43-40-37-34-32-29-23-20-17-14-11-8-5-2/h7-8,10-11,16-17,19-20,24-25,27-29,32,37,40,51H,4-6,9,12-15,18,21-23,26,30-31,33-36,38-39,41-50H2,1-3H3/b10-7-,11-8-,19-16-,20-17-,25-24-,28-27-,32-29-,40-37-. The SMILES string of the molecule is CC/C=C\C/C=C\C/C=C\C/C=C\CCCCCCCOCC(COC(=O)CC/C=C\C/C=C\C/C=C\C/C=C\CC)OC(=O)CCCCCCCCCCCCC. The number of carbonyl (C=O) groups excluding carboxylic acids is 2. The average Bonchev–Trinajstić information content (AvgIpc) is 3.22. The van der Waals surface area contributed by atoms with Crippen LogP contribution in [0.5, 0.6) is 0 Å². The third-order valence-electron chi connectivity index (χ3n) is 9.63. The number of unbranched alkanes of at least 4 members (excludes halogenated alkanes) is 15. The molecule has 330 valence electrons. The lowest BCUT2D eigenvalue weighted by Crippen LogP contribution is -2.30. The molecule has 0 aliphatic heterocycles. The monoisotopic (exact) mass is 805 g/mol. The molecule has 0 radical (unpaired) electrons. The number of hydrogen-bond donors (Lipinski definition) is 0. The molecule has 5 nitrogen and oxygen atoms in total. The van der Waals surface area contributed by atoms with Crippen molar-refractivity contribution in [3.05, 3.63) is 97.2 Å². The number of rotatable bonds is 42. The maximum atomic E-state index is 12.7. The molecule has 0 aliphatic carbocycles. The van der Waals surface area contributed by atoms with Crippen LogP contribution in [0.15, 0.2) is 97.2 Å². The van der Waals surface area contributed by atoms with E-state index in [2.05, 4.69) is 112 Å². The van der Waals surface area contributed by atoms with Crippen LogP contribution >= 0.6 is 0 Å². The maximum absolute atomic E-state index is 12.7. The maximum Gasteiger partial charge on any atom is 0.306 e. The van der Waals surface area contributed by atoms with Crippen LogP contribution in [0.3, 0.4) is 0 Å². The predicted octanol–water partition coefficient (Wildman–Crippen LogP) is 15.9. The molecule has 0 saturated carbocycles. The van der Waals surface area contributed by atoms with Gasteiger partial charge in [0.05, 0.1) is 6.61 Å². The second kappa shape index (κ2) is 48.2. The van der Waals surface area contributed by atoms with Gasteiger partial charge in [0.25, 0.3) is 0 Å². The van der Waals surface area contributed by atoms with E-state index in [-0.39, 0.29) is 25.2 Å². The smallest absolute Gasteiger partial charge is 0.306 e. The molecule has 0 amide bonds. The van der Waals surface area contributed by atoms with Crippen LogP contribution in [0.2, 0.25) is 0 Å². The molecule has 0 aromatic rings. The first-order valence-corrected chi connectivity index (χ1v) is 23.8. The minimum absolute atomic E-state index is 0.0360. The minimum Gasteiger partial charge on any atom is -0.462 e. The zero-order valence-electron chi connectivity index (χ0n) is 37.8. The van der Waals surface area contributed by atoms with Crippen molar-refractivity contribution in [1.29, 1.82) is 0 Å². The van der Waals surface area contributed by atoms with Gasteiger partial charge >= 0.3 is 11.9 Å². The molecule has 0 fully saturated rings. The lowest BCUT2D eigenvalue weighted by Gasteiger charge is -2.18. The lowest BCUT2D eigenvalue weighted by molar-refractivity contribution is -0.162. The molecule has 0 N–H and O–H groups in total. The minimum atomic E-state index is -0.576. The van der Waals surface area contributed by atoms with E-state index >= 15 is 0 Å². The predicted molar refractivity (Wildman–Crippen MR) is 251 cm³/mol. The molecule has 1 unspecified atom stereocenters. The number of carbonyl (C=O) groups is 2. The van der Waals surface area contributed by atoms with E-state index in [0.29, 0.717) is 25.9 Å². The van der Waals surface area contributed by atoms with Crippen molar-refractivity contribution in [2.75, 3.05) is 19.8 Å². The zero-order chi connectivity index (χ0) is 42.1. The molecule has 0 saturated heterocycles. The highest BCUT2D eigenvalue weighted by molar-refractivity contribution is 5.70. The Morgan fingerprint density at radius 1 is 0.397 bits per heavy atom. The van der Waals surface area contributed by atoms with Gasteiger partial charge in [0.1, 0.15) is 6.61 Å². The van der Waals surface area contributed by atoms with Crippen LogP contribution in [0.1, 0.15) is 201 Å². The first-order chi connectivity index (χ1) is 28.6. The van der Waals surface area contributed by atoms with Crippen LogP contribution in [0.25, 0.3) is 0 Å². The Hall–Kier alpha value is -3.18. The molecule has 0 aromatic heterocycles. The van der Waals surface area contributed by atoms with E-state index in [1.807, 2.05) is 6.08 Å². The molecular weight excluding hydrogens is 717 g/mol.